The van der Waals surface area contributed by atoms with Crippen molar-refractivity contribution in [3.63, 3.8) is 0 Å². The lowest BCUT2D eigenvalue weighted by Gasteiger charge is -2.11. The average Bonchev–Trinajstić information content (AvgIpc) is 2.81. The molecule has 0 bridgehead atoms. The number of hydrogen-bond donors (Lipinski definition) is 2. The van der Waals surface area contributed by atoms with E-state index in [0.717, 1.165) is 21.6 Å². The molecule has 0 radical (unpaired) electrons. The molecule has 1 unspecified atom stereocenters. The van der Waals surface area contributed by atoms with Gasteiger partial charge in [-0.15, -0.1) is 0 Å². The number of aliphatic hydroxyl groups excluding tert-OH is 1. The molecule has 1 heterocycles. The summed E-state index contributed by atoms with van der Waals surface area (Å²) in [6, 6.07) is 5.52. The second-order valence-corrected chi connectivity index (χ2v) is 4.50. The molecule has 1 atom stereocenters. The summed E-state index contributed by atoms with van der Waals surface area (Å²) < 4.78 is 5.97. The molecule has 0 saturated heterocycles. The van der Waals surface area contributed by atoms with Gasteiger partial charge < -0.3 is 14.8 Å². The van der Waals surface area contributed by atoms with E-state index < -0.39 is 6.10 Å². The van der Waals surface area contributed by atoms with Crippen LogP contribution in [0.25, 0.3) is 0 Å². The van der Waals surface area contributed by atoms with E-state index in [1.165, 1.54) is 0 Å². The Morgan fingerprint density at radius 2 is 2.35 bits per heavy atom. The van der Waals surface area contributed by atoms with E-state index in [1.807, 2.05) is 18.2 Å². The first-order valence-electron chi connectivity index (χ1n) is 5.20. The van der Waals surface area contributed by atoms with Crippen LogP contribution in [-0.4, -0.2) is 22.2 Å². The normalized spacial score (nSPS) is 12.4. The maximum Gasteiger partial charge on any atom is 0.133 e. The number of aromatic amines is 1. The highest BCUT2D eigenvalue weighted by atomic mass is 79.9. The van der Waals surface area contributed by atoms with Gasteiger partial charge in [0.15, 0.2) is 0 Å². The van der Waals surface area contributed by atoms with E-state index >= 15 is 0 Å². The van der Waals surface area contributed by atoms with Crippen molar-refractivity contribution in [1.29, 1.82) is 0 Å². The summed E-state index contributed by atoms with van der Waals surface area (Å²) in [5.74, 6) is 1.52. The number of nitrogens with zero attached hydrogens (tertiary/aromatic N) is 1. The van der Waals surface area contributed by atoms with Crippen molar-refractivity contribution in [3.05, 3.63) is 46.5 Å². The molecule has 0 spiro atoms. The fraction of sp³-hybridized carbons (Fsp3) is 0.250. The molecule has 2 N–H and O–H groups in total. The van der Waals surface area contributed by atoms with E-state index in [4.69, 9.17) is 4.74 Å². The van der Waals surface area contributed by atoms with Gasteiger partial charge in [0.2, 0.25) is 0 Å². The van der Waals surface area contributed by atoms with Crippen LogP contribution in [0.5, 0.6) is 5.75 Å². The third-order valence-corrected chi connectivity index (χ3v) is 3.12. The van der Waals surface area contributed by atoms with Gasteiger partial charge in [0.1, 0.15) is 11.6 Å². The standard InChI is InChI=1S/C12H13BrN2O2/c1-17-11-3-2-8(6-9(11)13)10(16)7-12-14-4-5-15-12/h2-6,10,16H,7H2,1H3,(H,14,15). The fourth-order valence-electron chi connectivity index (χ4n) is 1.60. The lowest BCUT2D eigenvalue weighted by molar-refractivity contribution is 0.176. The van der Waals surface area contributed by atoms with Crippen LogP contribution in [0, 0.1) is 0 Å². The van der Waals surface area contributed by atoms with Crippen molar-refractivity contribution < 1.29 is 9.84 Å². The van der Waals surface area contributed by atoms with E-state index in [2.05, 4.69) is 25.9 Å². The van der Waals surface area contributed by atoms with E-state index in [-0.39, 0.29) is 0 Å². The number of aliphatic hydroxyl groups is 1. The lowest BCUT2D eigenvalue weighted by atomic mass is 10.1. The third kappa shape index (κ3) is 2.87. The fourth-order valence-corrected chi connectivity index (χ4v) is 2.16. The predicted molar refractivity (Wildman–Crippen MR) is 67.9 cm³/mol. The van der Waals surface area contributed by atoms with Crippen molar-refractivity contribution in [2.45, 2.75) is 12.5 Å². The molecule has 0 aliphatic heterocycles. The van der Waals surface area contributed by atoms with Crippen LogP contribution in [0.15, 0.2) is 35.1 Å². The number of nitrogens with one attached hydrogen (secondary N) is 1. The monoisotopic (exact) mass is 296 g/mol. The van der Waals surface area contributed by atoms with Crippen LogP contribution >= 0.6 is 15.9 Å². The molecular formula is C12H13BrN2O2. The van der Waals surface area contributed by atoms with Gasteiger partial charge in [0, 0.05) is 18.8 Å². The van der Waals surface area contributed by atoms with Crippen molar-refractivity contribution in [2.24, 2.45) is 0 Å². The van der Waals surface area contributed by atoms with E-state index in [1.54, 1.807) is 19.5 Å². The summed E-state index contributed by atoms with van der Waals surface area (Å²) in [4.78, 5) is 7.05. The van der Waals surface area contributed by atoms with Gasteiger partial charge in [-0.25, -0.2) is 4.98 Å². The molecule has 2 rings (SSSR count). The zero-order valence-electron chi connectivity index (χ0n) is 9.35. The molecule has 2 aromatic rings. The number of halogens is 1. The van der Waals surface area contributed by atoms with Crippen LogP contribution in [0.3, 0.4) is 0 Å². The number of rotatable bonds is 4. The van der Waals surface area contributed by atoms with Gasteiger partial charge in [-0.05, 0) is 33.6 Å². The summed E-state index contributed by atoms with van der Waals surface area (Å²) in [7, 11) is 1.61. The van der Waals surface area contributed by atoms with Crippen LogP contribution in [0.4, 0.5) is 0 Å². The number of methoxy groups -OCH3 is 1. The van der Waals surface area contributed by atoms with E-state index in [9.17, 15) is 5.11 Å². The van der Waals surface area contributed by atoms with E-state index in [0.29, 0.717) is 6.42 Å². The Hall–Kier alpha value is -1.33. The lowest BCUT2D eigenvalue weighted by Crippen LogP contribution is -2.03. The van der Waals surface area contributed by atoms with Crippen molar-refractivity contribution in [2.75, 3.05) is 7.11 Å². The number of ether oxygens (including phenoxy) is 1. The second kappa shape index (κ2) is 5.33. The largest absolute Gasteiger partial charge is 0.496 e. The average molecular weight is 297 g/mol. The molecule has 4 nitrogen and oxygen atoms in total. The van der Waals surface area contributed by atoms with Gasteiger partial charge in [0.05, 0.1) is 17.7 Å². The zero-order chi connectivity index (χ0) is 12.3. The Balaban J connectivity index is 2.14. The Bertz CT molecular complexity index is 485. The first-order valence-corrected chi connectivity index (χ1v) is 5.99. The summed E-state index contributed by atoms with van der Waals surface area (Å²) in [6.45, 7) is 0. The topological polar surface area (TPSA) is 58.1 Å². The summed E-state index contributed by atoms with van der Waals surface area (Å²) in [6.07, 6.45) is 3.30. The molecule has 90 valence electrons. The number of benzene rings is 1. The Kier molecular flexibility index (Phi) is 3.81. The van der Waals surface area contributed by atoms with Gasteiger partial charge in [0.25, 0.3) is 0 Å². The smallest absolute Gasteiger partial charge is 0.133 e. The first kappa shape index (κ1) is 12.1. The molecule has 0 saturated carbocycles. The quantitative estimate of drug-likeness (QED) is 0.911. The molecule has 1 aromatic carbocycles. The van der Waals surface area contributed by atoms with Crippen molar-refractivity contribution in [1.82, 2.24) is 9.97 Å². The van der Waals surface area contributed by atoms with Gasteiger partial charge in [-0.1, -0.05) is 6.07 Å². The highest BCUT2D eigenvalue weighted by molar-refractivity contribution is 9.10. The highest BCUT2D eigenvalue weighted by Crippen LogP contribution is 2.28. The van der Waals surface area contributed by atoms with Gasteiger partial charge >= 0.3 is 0 Å². The summed E-state index contributed by atoms with van der Waals surface area (Å²) >= 11 is 3.39. The molecule has 1 aromatic heterocycles. The Morgan fingerprint density at radius 3 is 2.94 bits per heavy atom. The highest BCUT2D eigenvalue weighted by Gasteiger charge is 2.12. The summed E-state index contributed by atoms with van der Waals surface area (Å²) in [5.41, 5.74) is 0.828. The first-order chi connectivity index (χ1) is 8.20. The number of aromatic nitrogens is 2. The minimum atomic E-state index is -0.580. The molecule has 0 aliphatic rings. The maximum atomic E-state index is 10.1. The summed E-state index contributed by atoms with van der Waals surface area (Å²) in [5, 5.41) is 10.1. The molecule has 5 heteroatoms. The van der Waals surface area contributed by atoms with Gasteiger partial charge in [-0.2, -0.15) is 0 Å². The maximum absolute atomic E-state index is 10.1. The van der Waals surface area contributed by atoms with Crippen LogP contribution in [0.1, 0.15) is 17.5 Å². The third-order valence-electron chi connectivity index (χ3n) is 2.50. The molecular weight excluding hydrogens is 284 g/mol. The predicted octanol–water partition coefficient (Wildman–Crippen LogP) is 2.46. The minimum Gasteiger partial charge on any atom is -0.496 e. The number of hydrogen-bond acceptors (Lipinski definition) is 3. The Morgan fingerprint density at radius 1 is 1.53 bits per heavy atom. The molecule has 17 heavy (non-hydrogen) atoms. The van der Waals surface area contributed by atoms with Crippen LogP contribution in [0.2, 0.25) is 0 Å². The van der Waals surface area contributed by atoms with Crippen molar-refractivity contribution in [3.8, 4) is 5.75 Å². The molecule has 0 fully saturated rings. The number of H-pyrrole nitrogens is 1. The SMILES string of the molecule is COc1ccc(C(O)Cc2ncc[nH]2)cc1Br. The zero-order valence-corrected chi connectivity index (χ0v) is 10.9. The van der Waals surface area contributed by atoms with Gasteiger partial charge in [-0.3, -0.25) is 0 Å². The molecule has 0 amide bonds. The Labute approximate surface area is 108 Å². The molecule has 0 aliphatic carbocycles. The second-order valence-electron chi connectivity index (χ2n) is 3.65. The van der Waals surface area contributed by atoms with Crippen molar-refractivity contribution >= 4 is 15.9 Å². The van der Waals surface area contributed by atoms with Crippen LogP contribution < -0.4 is 4.74 Å². The van der Waals surface area contributed by atoms with Crippen LogP contribution in [-0.2, 0) is 6.42 Å². The number of imidazole rings is 1. The minimum absolute atomic E-state index is 0.464.